The van der Waals surface area contributed by atoms with Gasteiger partial charge in [-0.1, -0.05) is 24.6 Å². The number of carbonyl (C=O) groups is 2. The lowest BCUT2D eigenvalue weighted by atomic mass is 9.91. The predicted molar refractivity (Wildman–Crippen MR) is 119 cm³/mol. The number of hydrogen-bond acceptors (Lipinski definition) is 6. The van der Waals surface area contributed by atoms with E-state index in [2.05, 4.69) is 15.0 Å². The summed E-state index contributed by atoms with van der Waals surface area (Å²) in [4.78, 5) is 27.4. The Bertz CT molecular complexity index is 1130. The molecule has 3 aliphatic rings. The van der Waals surface area contributed by atoms with E-state index >= 15 is 0 Å². The second-order valence-corrected chi connectivity index (χ2v) is 9.04. The van der Waals surface area contributed by atoms with Crippen LogP contribution in [0.1, 0.15) is 30.4 Å². The lowest BCUT2D eigenvalue weighted by Gasteiger charge is -2.36. The molecule has 1 amide bonds. The van der Waals surface area contributed by atoms with Crippen LogP contribution < -0.4 is 14.8 Å². The third-order valence-electron chi connectivity index (χ3n) is 6.77. The molecule has 5 rings (SSSR count). The lowest BCUT2D eigenvalue weighted by Crippen LogP contribution is -2.58. The van der Waals surface area contributed by atoms with Gasteiger partial charge in [0, 0.05) is 24.8 Å². The Kier molecular flexibility index (Phi) is 6.08. The van der Waals surface area contributed by atoms with Crippen molar-refractivity contribution in [2.75, 3.05) is 25.0 Å². The first-order valence-electron chi connectivity index (χ1n) is 11.6. The molecule has 7 nitrogen and oxygen atoms in total. The number of esters is 1. The van der Waals surface area contributed by atoms with E-state index in [1.807, 2.05) is 12.1 Å². The minimum absolute atomic E-state index is 0.0121. The molecule has 10 heteroatoms. The SMILES string of the molecule is O=C(OC1(C(=O)Nc2ccc3c(c2)CCN(C2CCC2)CC3)COc2ccccc2O1)C(F)(F)F. The Labute approximate surface area is 200 Å². The second kappa shape index (κ2) is 9.07. The van der Waals surface area contributed by atoms with Crippen molar-refractivity contribution in [2.24, 2.45) is 0 Å². The average Bonchev–Trinajstić information content (AvgIpc) is 2.99. The number of amides is 1. The van der Waals surface area contributed by atoms with Gasteiger partial charge in [0.1, 0.15) is 0 Å². The van der Waals surface area contributed by atoms with Crippen LogP contribution in [0, 0.1) is 0 Å². The highest BCUT2D eigenvalue weighted by Crippen LogP contribution is 2.37. The predicted octanol–water partition coefficient (Wildman–Crippen LogP) is 3.85. The molecule has 0 radical (unpaired) electrons. The van der Waals surface area contributed by atoms with Crippen molar-refractivity contribution in [1.29, 1.82) is 0 Å². The van der Waals surface area contributed by atoms with E-state index in [0.717, 1.165) is 31.5 Å². The van der Waals surface area contributed by atoms with Gasteiger partial charge >= 0.3 is 23.8 Å². The maximum atomic E-state index is 13.2. The summed E-state index contributed by atoms with van der Waals surface area (Å²) < 4.78 is 54.6. The zero-order valence-electron chi connectivity index (χ0n) is 18.9. The molecular weight excluding hydrogens is 465 g/mol. The number of nitrogens with zero attached hydrogens (tertiary/aromatic N) is 1. The van der Waals surface area contributed by atoms with Crippen molar-refractivity contribution in [3.05, 3.63) is 53.6 Å². The number of ether oxygens (including phenoxy) is 3. The van der Waals surface area contributed by atoms with Crippen LogP contribution in [0.25, 0.3) is 0 Å². The van der Waals surface area contributed by atoms with Crippen LogP contribution >= 0.6 is 0 Å². The number of nitrogens with one attached hydrogen (secondary N) is 1. The van der Waals surface area contributed by atoms with Crippen LogP contribution in [-0.4, -0.2) is 54.5 Å². The van der Waals surface area contributed by atoms with E-state index < -0.39 is 30.4 Å². The van der Waals surface area contributed by atoms with Crippen molar-refractivity contribution < 1.29 is 37.0 Å². The number of anilines is 1. The molecule has 0 bridgehead atoms. The molecule has 186 valence electrons. The monoisotopic (exact) mass is 490 g/mol. The first kappa shape index (κ1) is 23.5. The van der Waals surface area contributed by atoms with Crippen molar-refractivity contribution >= 4 is 17.6 Å². The summed E-state index contributed by atoms with van der Waals surface area (Å²) in [6, 6.07) is 12.2. The van der Waals surface area contributed by atoms with E-state index in [0.29, 0.717) is 11.7 Å². The highest BCUT2D eigenvalue weighted by atomic mass is 19.4. The number of halogens is 3. The van der Waals surface area contributed by atoms with E-state index in [1.165, 1.54) is 37.0 Å². The van der Waals surface area contributed by atoms with Gasteiger partial charge in [-0.25, -0.2) is 4.79 Å². The largest absolute Gasteiger partial charge is 0.491 e. The minimum Gasteiger partial charge on any atom is -0.481 e. The highest BCUT2D eigenvalue weighted by molar-refractivity contribution is 5.98. The third-order valence-corrected chi connectivity index (χ3v) is 6.77. The number of benzene rings is 2. The zero-order valence-corrected chi connectivity index (χ0v) is 18.9. The van der Waals surface area contributed by atoms with Gasteiger partial charge in [-0.15, -0.1) is 0 Å². The summed E-state index contributed by atoms with van der Waals surface area (Å²) in [6.45, 7) is 1.15. The fourth-order valence-corrected chi connectivity index (χ4v) is 4.61. The quantitative estimate of drug-likeness (QED) is 0.657. The molecule has 2 aromatic rings. The van der Waals surface area contributed by atoms with Crippen LogP contribution in [0.15, 0.2) is 42.5 Å². The average molecular weight is 490 g/mol. The topological polar surface area (TPSA) is 77.1 Å². The summed E-state index contributed by atoms with van der Waals surface area (Å²) >= 11 is 0. The molecule has 1 unspecified atom stereocenters. The number of hydrogen-bond donors (Lipinski definition) is 1. The summed E-state index contributed by atoms with van der Waals surface area (Å²) in [5.41, 5.74) is 2.61. The van der Waals surface area contributed by atoms with E-state index in [4.69, 9.17) is 9.47 Å². The highest BCUT2D eigenvalue weighted by Gasteiger charge is 2.54. The second-order valence-electron chi connectivity index (χ2n) is 9.04. The fourth-order valence-electron chi connectivity index (χ4n) is 4.61. The number of fused-ring (bicyclic) bond motifs is 2. The maximum Gasteiger partial charge on any atom is 0.491 e. The molecule has 2 heterocycles. The normalized spacial score (nSPS) is 22.4. The van der Waals surface area contributed by atoms with Gasteiger partial charge in [0.2, 0.25) is 0 Å². The summed E-state index contributed by atoms with van der Waals surface area (Å²) in [5.74, 6) is -6.06. The standard InChI is InChI=1S/C25H25F3N2O5/c26-25(27,28)23(32)35-24(15-33-20-6-1-2-7-21(20)34-24)22(31)29-18-9-8-16-10-12-30(19-4-3-5-19)13-11-17(16)14-18/h1-2,6-9,14,19H,3-5,10-13,15H2,(H,29,31). The molecule has 1 atom stereocenters. The van der Waals surface area contributed by atoms with Gasteiger partial charge in [0.15, 0.2) is 18.1 Å². The Morgan fingerprint density at radius 2 is 1.74 bits per heavy atom. The van der Waals surface area contributed by atoms with Gasteiger partial charge in [0.05, 0.1) is 0 Å². The maximum absolute atomic E-state index is 13.2. The first-order valence-corrected chi connectivity index (χ1v) is 11.6. The minimum atomic E-state index is -5.32. The molecule has 1 aliphatic carbocycles. The van der Waals surface area contributed by atoms with Gasteiger partial charge < -0.3 is 19.5 Å². The third kappa shape index (κ3) is 4.80. The van der Waals surface area contributed by atoms with Crippen molar-refractivity contribution in [3.8, 4) is 11.5 Å². The Morgan fingerprint density at radius 1 is 1.03 bits per heavy atom. The number of carbonyl (C=O) groups excluding carboxylic acids is 2. The molecule has 1 saturated carbocycles. The fraction of sp³-hybridized carbons (Fsp3) is 0.440. The molecule has 0 aromatic heterocycles. The first-order chi connectivity index (χ1) is 16.7. The Hall–Kier alpha value is -3.27. The van der Waals surface area contributed by atoms with Gasteiger partial charge in [-0.3, -0.25) is 9.69 Å². The smallest absolute Gasteiger partial charge is 0.481 e. The van der Waals surface area contributed by atoms with Gasteiger partial charge in [-0.05, 0) is 61.1 Å². The van der Waals surface area contributed by atoms with Crippen LogP contribution in [-0.2, 0) is 27.2 Å². The van der Waals surface area contributed by atoms with Crippen molar-refractivity contribution in [1.82, 2.24) is 4.90 Å². The van der Waals surface area contributed by atoms with E-state index in [9.17, 15) is 22.8 Å². The molecule has 1 N–H and O–H groups in total. The molecule has 2 aliphatic heterocycles. The lowest BCUT2D eigenvalue weighted by molar-refractivity contribution is -0.244. The zero-order chi connectivity index (χ0) is 24.6. The van der Waals surface area contributed by atoms with E-state index in [1.54, 1.807) is 18.2 Å². The van der Waals surface area contributed by atoms with Crippen molar-refractivity contribution in [2.45, 2.75) is 50.1 Å². The Morgan fingerprint density at radius 3 is 2.43 bits per heavy atom. The van der Waals surface area contributed by atoms with Crippen LogP contribution in [0.4, 0.5) is 18.9 Å². The Balaban J connectivity index is 1.36. The summed E-state index contributed by atoms with van der Waals surface area (Å²) in [5, 5.41) is 2.56. The van der Waals surface area contributed by atoms with Gasteiger partial charge in [-0.2, -0.15) is 13.2 Å². The van der Waals surface area contributed by atoms with Crippen molar-refractivity contribution in [3.63, 3.8) is 0 Å². The molecule has 0 saturated heterocycles. The summed E-state index contributed by atoms with van der Waals surface area (Å²) in [7, 11) is 0. The number of para-hydroxylation sites is 2. The summed E-state index contributed by atoms with van der Waals surface area (Å²) in [6.07, 6.45) is 0.0893. The molecular formula is C25H25F3N2O5. The van der Waals surface area contributed by atoms with Gasteiger partial charge in [0.25, 0.3) is 0 Å². The molecule has 2 aromatic carbocycles. The molecule has 1 fully saturated rings. The van der Waals surface area contributed by atoms with E-state index in [-0.39, 0.29) is 11.5 Å². The molecule has 0 spiro atoms. The number of alkyl halides is 3. The van der Waals surface area contributed by atoms with Crippen LogP contribution in [0.3, 0.4) is 0 Å². The number of rotatable bonds is 4. The van der Waals surface area contributed by atoms with Crippen LogP contribution in [0.2, 0.25) is 0 Å². The molecule has 35 heavy (non-hydrogen) atoms. The van der Waals surface area contributed by atoms with Crippen LogP contribution in [0.5, 0.6) is 11.5 Å².